The summed E-state index contributed by atoms with van der Waals surface area (Å²) >= 11 is 0. The zero-order valence-corrected chi connectivity index (χ0v) is 32.0. The second kappa shape index (κ2) is 14.1. The zero-order valence-electron chi connectivity index (χ0n) is 32.0. The van der Waals surface area contributed by atoms with Crippen molar-refractivity contribution < 1.29 is 0 Å². The van der Waals surface area contributed by atoms with Gasteiger partial charge in [-0.05, 0) is 116 Å². The molecule has 0 amide bonds. The number of rotatable bonds is 0. The van der Waals surface area contributed by atoms with Gasteiger partial charge in [0, 0.05) is 17.1 Å². The molecule has 5 fully saturated rings. The Morgan fingerprint density at radius 3 is 0.857 bits per heavy atom. The lowest BCUT2D eigenvalue weighted by molar-refractivity contribution is 0.0939. The molecule has 0 bridgehead atoms. The number of nitrogens with two attached hydrogens (primary N) is 2. The largest absolute Gasteiger partial charge is 0.325 e. The van der Waals surface area contributed by atoms with Gasteiger partial charge >= 0.3 is 0 Å². The van der Waals surface area contributed by atoms with Crippen LogP contribution in [0, 0.1) is 38.4 Å². The molecular formula is C39H81N3. The molecule has 1 saturated heterocycles. The number of hydrogen-bond donors (Lipinski definition) is 3. The maximum Gasteiger partial charge on any atom is 0.0203 e. The molecule has 0 aromatic rings. The average molecular weight is 592 g/mol. The highest BCUT2D eigenvalue weighted by Crippen LogP contribution is 2.57. The Morgan fingerprint density at radius 2 is 0.857 bits per heavy atom. The van der Waals surface area contributed by atoms with E-state index in [1.807, 2.05) is 0 Å². The van der Waals surface area contributed by atoms with E-state index in [1.165, 1.54) is 83.6 Å². The van der Waals surface area contributed by atoms with Crippen molar-refractivity contribution >= 4 is 0 Å². The Balaban J connectivity index is 0.000000263. The first kappa shape index (κ1) is 39.9. The zero-order chi connectivity index (χ0) is 33.1. The average Bonchev–Trinajstić information content (AvgIpc) is 3.38. The van der Waals surface area contributed by atoms with Crippen molar-refractivity contribution in [3.63, 3.8) is 0 Å². The van der Waals surface area contributed by atoms with Crippen molar-refractivity contribution in [3.05, 3.63) is 0 Å². The molecule has 5 rings (SSSR count). The van der Waals surface area contributed by atoms with Crippen LogP contribution in [0.2, 0.25) is 0 Å². The summed E-state index contributed by atoms with van der Waals surface area (Å²) in [5.74, 6) is 1.03. The predicted octanol–water partition coefficient (Wildman–Crippen LogP) is 10.9. The van der Waals surface area contributed by atoms with Crippen LogP contribution in [-0.4, -0.2) is 23.7 Å². The third kappa shape index (κ3) is 11.7. The van der Waals surface area contributed by atoms with Gasteiger partial charge < -0.3 is 16.8 Å². The van der Waals surface area contributed by atoms with E-state index < -0.39 is 0 Å². The molecule has 4 aliphatic carbocycles. The molecule has 0 spiro atoms. The van der Waals surface area contributed by atoms with Gasteiger partial charge in [0.15, 0.2) is 0 Å². The minimum absolute atomic E-state index is 0.160. The smallest absolute Gasteiger partial charge is 0.0203 e. The lowest BCUT2D eigenvalue weighted by Gasteiger charge is -2.48. The summed E-state index contributed by atoms with van der Waals surface area (Å²) in [6.07, 6.45) is 16.2. The number of hydrogen-bond acceptors (Lipinski definition) is 3. The molecule has 3 heteroatoms. The summed E-state index contributed by atoms with van der Waals surface area (Å²) in [7, 11) is 0. The highest BCUT2D eigenvalue weighted by molar-refractivity contribution is 5.02. The van der Waals surface area contributed by atoms with E-state index in [1.54, 1.807) is 0 Å². The van der Waals surface area contributed by atoms with Gasteiger partial charge in [0.2, 0.25) is 0 Å². The molecule has 252 valence electrons. The molecule has 1 aliphatic heterocycles. The van der Waals surface area contributed by atoms with E-state index in [0.29, 0.717) is 32.5 Å². The molecule has 1 heterocycles. The van der Waals surface area contributed by atoms with Gasteiger partial charge in [0.1, 0.15) is 0 Å². The first-order valence-corrected chi connectivity index (χ1v) is 17.9. The topological polar surface area (TPSA) is 64.1 Å². The van der Waals surface area contributed by atoms with E-state index in [2.05, 4.69) is 116 Å². The van der Waals surface area contributed by atoms with Gasteiger partial charge in [0.05, 0.1) is 0 Å². The summed E-state index contributed by atoms with van der Waals surface area (Å²) in [6.45, 7) is 37.9. The second-order valence-electron chi connectivity index (χ2n) is 20.5. The van der Waals surface area contributed by atoms with Gasteiger partial charge in [-0.25, -0.2) is 0 Å². The van der Waals surface area contributed by atoms with Crippen molar-refractivity contribution in [3.8, 4) is 0 Å². The Labute approximate surface area is 266 Å². The van der Waals surface area contributed by atoms with Crippen LogP contribution in [0.1, 0.15) is 188 Å². The second-order valence-corrected chi connectivity index (χ2v) is 20.5. The van der Waals surface area contributed by atoms with Crippen LogP contribution in [0.5, 0.6) is 0 Å². The van der Waals surface area contributed by atoms with Crippen molar-refractivity contribution in [1.29, 1.82) is 0 Å². The first-order valence-electron chi connectivity index (χ1n) is 17.9. The summed E-state index contributed by atoms with van der Waals surface area (Å²) in [5, 5.41) is 3.39. The number of nitrogens with one attached hydrogen (secondary N) is 1. The molecule has 0 radical (unpaired) electrons. The third-order valence-corrected chi connectivity index (χ3v) is 12.5. The minimum atomic E-state index is 0.160. The normalized spacial score (nSPS) is 25.7. The van der Waals surface area contributed by atoms with Gasteiger partial charge in [0.25, 0.3) is 0 Å². The monoisotopic (exact) mass is 592 g/mol. The van der Waals surface area contributed by atoms with E-state index in [0.717, 1.165) is 12.0 Å². The summed E-state index contributed by atoms with van der Waals surface area (Å²) < 4.78 is 0. The molecule has 3 nitrogen and oxygen atoms in total. The molecule has 0 aromatic heterocycles. The standard InChI is InChI=1S/2C8H17N.2C8H16.C7H15N/c2*1-7(2,3)8(9)5-4-6-8;1-7(2,3)8(4)5-6-8;1-8(2,3)7-5-4-6-7;1-7(2,3)6-4-5-8-6/h2*4-6,9H2,1-3H3;5-6H2,1-4H3;7H,4-6H2,1-3H3;6,8H,4-5H2,1-3H3. The lowest BCUT2D eigenvalue weighted by atomic mass is 9.62. The fourth-order valence-electron chi connectivity index (χ4n) is 5.86. The van der Waals surface area contributed by atoms with Crippen LogP contribution < -0.4 is 16.8 Å². The van der Waals surface area contributed by atoms with Gasteiger partial charge in [-0.1, -0.05) is 117 Å². The Kier molecular flexibility index (Phi) is 13.4. The maximum absolute atomic E-state index is 6.08. The molecule has 4 saturated carbocycles. The molecule has 5 N–H and O–H groups in total. The summed E-state index contributed by atoms with van der Waals surface area (Å²) in [6, 6.07) is 0.780. The van der Waals surface area contributed by atoms with E-state index in [9.17, 15) is 0 Å². The maximum atomic E-state index is 6.08. The fraction of sp³-hybridized carbons (Fsp3) is 1.00. The van der Waals surface area contributed by atoms with Crippen LogP contribution in [0.25, 0.3) is 0 Å². The minimum Gasteiger partial charge on any atom is -0.325 e. The van der Waals surface area contributed by atoms with Crippen LogP contribution in [0.3, 0.4) is 0 Å². The molecule has 5 aliphatic rings. The van der Waals surface area contributed by atoms with Gasteiger partial charge in [-0.15, -0.1) is 0 Å². The Morgan fingerprint density at radius 1 is 0.500 bits per heavy atom. The molecule has 1 atom stereocenters. The van der Waals surface area contributed by atoms with Crippen molar-refractivity contribution in [2.24, 2.45) is 49.9 Å². The van der Waals surface area contributed by atoms with Gasteiger partial charge in [-0.3, -0.25) is 0 Å². The predicted molar refractivity (Wildman–Crippen MR) is 190 cm³/mol. The quantitative estimate of drug-likeness (QED) is 0.262. The first-order chi connectivity index (χ1) is 18.6. The molecule has 0 aromatic carbocycles. The van der Waals surface area contributed by atoms with E-state index in [-0.39, 0.29) is 11.1 Å². The van der Waals surface area contributed by atoms with Crippen molar-refractivity contribution in [2.75, 3.05) is 6.54 Å². The lowest BCUT2D eigenvalue weighted by Crippen LogP contribution is -2.56. The molecular weight excluding hydrogens is 510 g/mol. The van der Waals surface area contributed by atoms with E-state index >= 15 is 0 Å². The van der Waals surface area contributed by atoms with Crippen molar-refractivity contribution in [2.45, 2.75) is 205 Å². The van der Waals surface area contributed by atoms with Crippen LogP contribution >= 0.6 is 0 Å². The van der Waals surface area contributed by atoms with Crippen molar-refractivity contribution in [1.82, 2.24) is 5.32 Å². The Hall–Kier alpha value is -0.120. The van der Waals surface area contributed by atoms with Crippen LogP contribution in [0.15, 0.2) is 0 Å². The summed E-state index contributed by atoms with van der Waals surface area (Å²) in [5.41, 5.74) is 15.4. The van der Waals surface area contributed by atoms with E-state index in [4.69, 9.17) is 11.5 Å². The Bertz CT molecular complexity index is 713. The van der Waals surface area contributed by atoms with Crippen LogP contribution in [-0.2, 0) is 0 Å². The molecule has 42 heavy (non-hydrogen) atoms. The van der Waals surface area contributed by atoms with Gasteiger partial charge in [-0.2, -0.15) is 0 Å². The van der Waals surface area contributed by atoms with Crippen LogP contribution in [0.4, 0.5) is 0 Å². The fourth-order valence-corrected chi connectivity index (χ4v) is 5.86. The SMILES string of the molecule is CC(C)(C)C1(C)CC1.CC(C)(C)C1(N)CCC1.CC(C)(C)C1(N)CCC1.CC(C)(C)C1CCC1.CC(C)(C)C1CCN1. The highest BCUT2D eigenvalue weighted by Gasteiger charge is 2.47. The highest BCUT2D eigenvalue weighted by atomic mass is 15.0. The summed E-state index contributed by atoms with van der Waals surface area (Å²) in [4.78, 5) is 0. The molecule has 1 unspecified atom stereocenters. The third-order valence-electron chi connectivity index (χ3n) is 12.5.